The van der Waals surface area contributed by atoms with Crippen molar-refractivity contribution in [1.82, 2.24) is 14.9 Å². The van der Waals surface area contributed by atoms with Crippen LogP contribution < -0.4 is 16.6 Å². The predicted octanol–water partition coefficient (Wildman–Crippen LogP) is 1.22. The molecule has 1 heterocycles. The number of nitrogens with zero attached hydrogens (tertiary/aromatic N) is 1. The van der Waals surface area contributed by atoms with Crippen LogP contribution in [0.5, 0.6) is 0 Å². The van der Waals surface area contributed by atoms with Gasteiger partial charge < -0.3 is 5.32 Å². The van der Waals surface area contributed by atoms with Crippen LogP contribution in [0, 0.1) is 5.92 Å². The zero-order valence-electron chi connectivity index (χ0n) is 10.8. The van der Waals surface area contributed by atoms with Crippen LogP contribution >= 0.6 is 11.6 Å². The quantitative estimate of drug-likeness (QED) is 0.734. The van der Waals surface area contributed by atoms with E-state index in [0.717, 1.165) is 25.9 Å². The number of H-pyrrole nitrogens is 1. The summed E-state index contributed by atoms with van der Waals surface area (Å²) < 4.78 is 1.44. The van der Waals surface area contributed by atoms with Gasteiger partial charge in [-0.3, -0.25) is 14.3 Å². The monoisotopic (exact) mass is 273 g/mol. The van der Waals surface area contributed by atoms with Gasteiger partial charge in [-0.2, -0.15) is 0 Å². The van der Waals surface area contributed by atoms with Gasteiger partial charge in [0.1, 0.15) is 5.02 Å². The van der Waals surface area contributed by atoms with Gasteiger partial charge in [0.25, 0.3) is 5.56 Å². The lowest BCUT2D eigenvalue weighted by Gasteiger charge is -2.08. The fourth-order valence-corrected chi connectivity index (χ4v) is 1.74. The van der Waals surface area contributed by atoms with Crippen molar-refractivity contribution < 1.29 is 0 Å². The molecule has 0 bridgehead atoms. The van der Waals surface area contributed by atoms with Crippen LogP contribution in [0.1, 0.15) is 26.7 Å². The first kappa shape index (κ1) is 15.0. The molecule has 18 heavy (non-hydrogen) atoms. The Kier molecular flexibility index (Phi) is 6.15. The lowest BCUT2D eigenvalue weighted by Crippen LogP contribution is -2.30. The molecule has 2 N–H and O–H groups in total. The molecule has 0 aliphatic rings. The van der Waals surface area contributed by atoms with E-state index >= 15 is 0 Å². The van der Waals surface area contributed by atoms with Crippen LogP contribution in [-0.4, -0.2) is 22.6 Å². The van der Waals surface area contributed by atoms with E-state index in [0.29, 0.717) is 12.5 Å². The lowest BCUT2D eigenvalue weighted by atomic mass is 10.2. The van der Waals surface area contributed by atoms with Gasteiger partial charge >= 0.3 is 5.69 Å². The van der Waals surface area contributed by atoms with Crippen molar-refractivity contribution in [3.8, 4) is 0 Å². The van der Waals surface area contributed by atoms with Crippen LogP contribution in [0.4, 0.5) is 0 Å². The molecular weight excluding hydrogens is 254 g/mol. The highest BCUT2D eigenvalue weighted by atomic mass is 35.5. The summed E-state index contributed by atoms with van der Waals surface area (Å²) in [4.78, 5) is 24.7. The highest BCUT2D eigenvalue weighted by Crippen LogP contribution is 1.98. The van der Waals surface area contributed by atoms with Crippen molar-refractivity contribution in [1.29, 1.82) is 0 Å². The maximum absolute atomic E-state index is 11.4. The van der Waals surface area contributed by atoms with Crippen LogP contribution in [0.3, 0.4) is 0 Å². The van der Waals surface area contributed by atoms with E-state index in [4.69, 9.17) is 11.6 Å². The molecular formula is C12H20ClN3O2. The average molecular weight is 274 g/mol. The molecule has 0 amide bonds. The molecule has 0 saturated heterocycles. The Morgan fingerprint density at radius 1 is 1.39 bits per heavy atom. The molecule has 0 saturated carbocycles. The Hall–Kier alpha value is -1.07. The minimum absolute atomic E-state index is 0.0486. The number of hydrogen-bond donors (Lipinski definition) is 2. The third-order valence-electron chi connectivity index (χ3n) is 2.52. The van der Waals surface area contributed by atoms with E-state index in [1.54, 1.807) is 0 Å². The molecule has 5 nitrogen and oxygen atoms in total. The van der Waals surface area contributed by atoms with Gasteiger partial charge in [0.05, 0.1) is 0 Å². The molecule has 0 aliphatic heterocycles. The fraction of sp³-hybridized carbons (Fsp3) is 0.667. The van der Waals surface area contributed by atoms with E-state index in [1.165, 1.54) is 10.8 Å². The van der Waals surface area contributed by atoms with Crippen LogP contribution in [0.25, 0.3) is 0 Å². The maximum Gasteiger partial charge on any atom is 0.328 e. The van der Waals surface area contributed by atoms with Gasteiger partial charge in [-0.05, 0) is 31.8 Å². The number of rotatable bonds is 7. The summed E-state index contributed by atoms with van der Waals surface area (Å²) in [5.74, 6) is 0.644. The fourth-order valence-electron chi connectivity index (χ4n) is 1.57. The molecule has 0 unspecified atom stereocenters. The largest absolute Gasteiger partial charge is 0.328 e. The number of halogens is 1. The van der Waals surface area contributed by atoms with Crippen molar-refractivity contribution >= 4 is 11.6 Å². The van der Waals surface area contributed by atoms with Crippen molar-refractivity contribution in [2.75, 3.05) is 13.1 Å². The molecule has 0 aromatic carbocycles. The third-order valence-corrected chi connectivity index (χ3v) is 2.79. The van der Waals surface area contributed by atoms with E-state index in [9.17, 15) is 9.59 Å². The predicted molar refractivity (Wildman–Crippen MR) is 73.3 cm³/mol. The highest BCUT2D eigenvalue weighted by molar-refractivity contribution is 6.30. The van der Waals surface area contributed by atoms with Gasteiger partial charge in [-0.25, -0.2) is 4.79 Å². The number of aromatic amines is 1. The van der Waals surface area contributed by atoms with E-state index in [-0.39, 0.29) is 5.02 Å². The van der Waals surface area contributed by atoms with E-state index in [2.05, 4.69) is 24.1 Å². The Labute approximate surface area is 111 Å². The summed E-state index contributed by atoms with van der Waals surface area (Å²) in [5, 5.41) is 3.38. The molecule has 0 fully saturated rings. The Bertz CT molecular complexity index is 479. The Balaban J connectivity index is 2.34. The van der Waals surface area contributed by atoms with Gasteiger partial charge in [-0.1, -0.05) is 25.4 Å². The number of unbranched alkanes of at least 4 members (excludes halogenated alkanes) is 1. The van der Waals surface area contributed by atoms with Crippen molar-refractivity contribution in [2.45, 2.75) is 33.2 Å². The normalized spacial score (nSPS) is 11.1. The van der Waals surface area contributed by atoms with Gasteiger partial charge in [-0.15, -0.1) is 0 Å². The van der Waals surface area contributed by atoms with E-state index < -0.39 is 11.2 Å². The highest BCUT2D eigenvalue weighted by Gasteiger charge is 2.01. The van der Waals surface area contributed by atoms with Crippen molar-refractivity contribution in [2.24, 2.45) is 5.92 Å². The lowest BCUT2D eigenvalue weighted by molar-refractivity contribution is 0.513. The molecule has 1 rings (SSSR count). The standard InChI is InChI=1S/C12H20ClN3O2/c1-9(2)7-14-5-3-4-6-16-8-10(13)11(17)15-12(16)18/h8-9,14H,3-7H2,1-2H3,(H,15,17,18). The Morgan fingerprint density at radius 3 is 2.78 bits per heavy atom. The molecule has 0 radical (unpaired) electrons. The number of aryl methyl sites for hydroxylation is 1. The van der Waals surface area contributed by atoms with Crippen LogP contribution in [0.2, 0.25) is 5.02 Å². The second kappa shape index (κ2) is 7.38. The molecule has 102 valence electrons. The van der Waals surface area contributed by atoms with Gasteiger partial charge in [0.2, 0.25) is 0 Å². The first-order valence-electron chi connectivity index (χ1n) is 6.20. The third kappa shape index (κ3) is 5.06. The van der Waals surface area contributed by atoms with Gasteiger partial charge in [0, 0.05) is 12.7 Å². The molecule has 6 heteroatoms. The summed E-state index contributed by atoms with van der Waals surface area (Å²) in [6.07, 6.45) is 3.24. The summed E-state index contributed by atoms with van der Waals surface area (Å²) in [6, 6.07) is 0. The minimum atomic E-state index is -0.531. The van der Waals surface area contributed by atoms with Gasteiger partial charge in [0.15, 0.2) is 0 Å². The van der Waals surface area contributed by atoms with Crippen LogP contribution in [-0.2, 0) is 6.54 Å². The first-order chi connectivity index (χ1) is 8.50. The number of nitrogens with one attached hydrogen (secondary N) is 2. The zero-order chi connectivity index (χ0) is 13.5. The minimum Gasteiger partial charge on any atom is -0.316 e. The molecule has 0 spiro atoms. The summed E-state index contributed by atoms with van der Waals surface area (Å²) in [5.41, 5.74) is -0.934. The smallest absolute Gasteiger partial charge is 0.316 e. The summed E-state index contributed by atoms with van der Waals surface area (Å²) in [7, 11) is 0. The zero-order valence-corrected chi connectivity index (χ0v) is 11.6. The topological polar surface area (TPSA) is 66.9 Å². The number of aromatic nitrogens is 2. The molecule has 0 aliphatic carbocycles. The van der Waals surface area contributed by atoms with Crippen molar-refractivity contribution in [3.05, 3.63) is 32.1 Å². The molecule has 1 aromatic rings. The van der Waals surface area contributed by atoms with Crippen molar-refractivity contribution in [3.63, 3.8) is 0 Å². The summed E-state index contributed by atoms with van der Waals surface area (Å²) >= 11 is 5.67. The average Bonchev–Trinajstić information content (AvgIpc) is 2.29. The van der Waals surface area contributed by atoms with Crippen LogP contribution in [0.15, 0.2) is 15.8 Å². The van der Waals surface area contributed by atoms with E-state index in [1.807, 2.05) is 0 Å². The molecule has 0 atom stereocenters. The second-order valence-corrected chi connectivity index (χ2v) is 5.14. The molecule has 1 aromatic heterocycles. The number of hydrogen-bond acceptors (Lipinski definition) is 3. The first-order valence-corrected chi connectivity index (χ1v) is 6.58. The second-order valence-electron chi connectivity index (χ2n) is 4.73. The SMILES string of the molecule is CC(C)CNCCCCn1cc(Cl)c(=O)[nH]c1=O. The summed E-state index contributed by atoms with van der Waals surface area (Å²) in [6.45, 7) is 6.83. The maximum atomic E-state index is 11.4. The Morgan fingerprint density at radius 2 is 2.11 bits per heavy atom.